The number of phenols is 1. The van der Waals surface area contributed by atoms with Gasteiger partial charge in [-0.2, -0.15) is 0 Å². The van der Waals surface area contributed by atoms with Crippen molar-refractivity contribution in [2.75, 3.05) is 0 Å². The average Bonchev–Trinajstić information content (AvgIpc) is 2.25. The van der Waals surface area contributed by atoms with Gasteiger partial charge in [0, 0.05) is 0 Å². The molecule has 1 N–H and O–H groups in total. The van der Waals surface area contributed by atoms with Crippen LogP contribution in [0.15, 0.2) is 12.1 Å². The molecule has 0 fully saturated rings. The summed E-state index contributed by atoms with van der Waals surface area (Å²) in [7, 11) is 0. The fourth-order valence-electron chi connectivity index (χ4n) is 2.32. The minimum Gasteiger partial charge on any atom is -0.507 e. The lowest BCUT2D eigenvalue weighted by molar-refractivity contribution is 0.422. The van der Waals surface area contributed by atoms with Gasteiger partial charge >= 0.3 is 0 Å². The van der Waals surface area contributed by atoms with Crippen molar-refractivity contribution in [1.82, 2.24) is 0 Å². The summed E-state index contributed by atoms with van der Waals surface area (Å²) in [5.74, 6) is 1.01. The molecular weight excluding hydrogens is 232 g/mol. The maximum atomic E-state index is 10.6. The molecule has 0 spiro atoms. The fraction of sp³-hybridized carbons (Fsp3) is 0.667. The molecular formula is C18H30O. The van der Waals surface area contributed by atoms with Crippen LogP contribution in [0.2, 0.25) is 0 Å². The first-order valence-corrected chi connectivity index (χ1v) is 7.36. The SMILES string of the molecule is CC[C@@H](C)c1cc(C(C)(C)C)c(O)c(C(C)(C)C)c1. The first-order valence-electron chi connectivity index (χ1n) is 7.36. The van der Waals surface area contributed by atoms with Gasteiger partial charge in [0.05, 0.1) is 0 Å². The van der Waals surface area contributed by atoms with Gasteiger partial charge in [-0.3, -0.25) is 0 Å². The second-order valence-electron chi connectivity index (χ2n) is 7.77. The summed E-state index contributed by atoms with van der Waals surface area (Å²) in [4.78, 5) is 0. The highest BCUT2D eigenvalue weighted by Gasteiger charge is 2.27. The van der Waals surface area contributed by atoms with E-state index in [4.69, 9.17) is 0 Å². The highest BCUT2D eigenvalue weighted by molar-refractivity contribution is 5.50. The number of benzene rings is 1. The molecule has 0 saturated heterocycles. The topological polar surface area (TPSA) is 20.2 Å². The first kappa shape index (κ1) is 16.1. The number of hydrogen-bond acceptors (Lipinski definition) is 1. The van der Waals surface area contributed by atoms with Crippen molar-refractivity contribution < 1.29 is 5.11 Å². The highest BCUT2D eigenvalue weighted by atomic mass is 16.3. The minimum absolute atomic E-state index is 0.0342. The van der Waals surface area contributed by atoms with E-state index in [1.165, 1.54) is 5.56 Å². The molecule has 0 aliphatic heterocycles. The molecule has 0 aliphatic carbocycles. The zero-order valence-corrected chi connectivity index (χ0v) is 13.9. The zero-order valence-electron chi connectivity index (χ0n) is 13.9. The van der Waals surface area contributed by atoms with E-state index < -0.39 is 0 Å². The van der Waals surface area contributed by atoms with Crippen LogP contribution in [0.5, 0.6) is 5.75 Å². The van der Waals surface area contributed by atoms with Crippen LogP contribution >= 0.6 is 0 Å². The van der Waals surface area contributed by atoms with E-state index in [0.717, 1.165) is 17.5 Å². The third-order valence-electron chi connectivity index (χ3n) is 3.93. The molecule has 0 aromatic heterocycles. The summed E-state index contributed by atoms with van der Waals surface area (Å²) < 4.78 is 0. The molecule has 0 unspecified atom stereocenters. The summed E-state index contributed by atoms with van der Waals surface area (Å²) in [6.45, 7) is 17.4. The fourth-order valence-corrected chi connectivity index (χ4v) is 2.32. The Balaban J connectivity index is 3.57. The standard InChI is InChI=1S/C18H30O/c1-9-12(2)13-10-14(17(3,4)5)16(19)15(11-13)18(6,7)8/h10-12,19H,9H2,1-8H3/t12-/m1/s1. The molecule has 1 nitrogen and oxygen atoms in total. The van der Waals surface area contributed by atoms with Crippen LogP contribution in [-0.2, 0) is 10.8 Å². The summed E-state index contributed by atoms with van der Waals surface area (Å²) >= 11 is 0. The molecule has 0 aliphatic rings. The van der Waals surface area contributed by atoms with E-state index in [9.17, 15) is 5.11 Å². The van der Waals surface area contributed by atoms with Crippen LogP contribution in [0, 0.1) is 0 Å². The Morgan fingerprint density at radius 3 is 1.58 bits per heavy atom. The van der Waals surface area contributed by atoms with E-state index in [2.05, 4.69) is 67.5 Å². The van der Waals surface area contributed by atoms with Crippen molar-refractivity contribution in [3.05, 3.63) is 28.8 Å². The van der Waals surface area contributed by atoms with Crippen molar-refractivity contribution in [3.63, 3.8) is 0 Å². The Hall–Kier alpha value is -0.980. The molecule has 0 radical (unpaired) electrons. The molecule has 1 heteroatoms. The summed E-state index contributed by atoms with van der Waals surface area (Å²) in [6, 6.07) is 4.39. The van der Waals surface area contributed by atoms with Crippen LogP contribution in [0.25, 0.3) is 0 Å². The molecule has 1 atom stereocenters. The third-order valence-corrected chi connectivity index (χ3v) is 3.93. The smallest absolute Gasteiger partial charge is 0.123 e. The number of rotatable bonds is 2. The molecule has 108 valence electrons. The predicted octanol–water partition coefficient (Wildman–Crippen LogP) is 5.50. The average molecular weight is 262 g/mol. The lowest BCUT2D eigenvalue weighted by Crippen LogP contribution is -2.18. The van der Waals surface area contributed by atoms with E-state index in [0.29, 0.717) is 11.7 Å². The summed E-state index contributed by atoms with van der Waals surface area (Å²) in [5.41, 5.74) is 3.40. The second-order valence-corrected chi connectivity index (χ2v) is 7.77. The zero-order chi connectivity index (χ0) is 15.0. The van der Waals surface area contributed by atoms with Crippen LogP contribution in [0.4, 0.5) is 0 Å². The molecule has 0 heterocycles. The summed E-state index contributed by atoms with van der Waals surface area (Å²) in [6.07, 6.45) is 1.12. The Kier molecular flexibility index (Phi) is 4.39. The molecule has 1 rings (SSSR count). The lowest BCUT2D eigenvalue weighted by Gasteiger charge is -2.29. The Morgan fingerprint density at radius 2 is 1.32 bits per heavy atom. The molecule has 0 bridgehead atoms. The van der Waals surface area contributed by atoms with Crippen LogP contribution in [0.3, 0.4) is 0 Å². The van der Waals surface area contributed by atoms with Crippen LogP contribution in [0.1, 0.15) is 84.4 Å². The van der Waals surface area contributed by atoms with Crippen LogP contribution < -0.4 is 0 Å². The molecule has 0 amide bonds. The van der Waals surface area contributed by atoms with Gasteiger partial charge in [-0.05, 0) is 39.9 Å². The van der Waals surface area contributed by atoms with Crippen molar-refractivity contribution in [3.8, 4) is 5.75 Å². The Morgan fingerprint density at radius 1 is 0.947 bits per heavy atom. The molecule has 19 heavy (non-hydrogen) atoms. The van der Waals surface area contributed by atoms with Crippen LogP contribution in [-0.4, -0.2) is 5.11 Å². The molecule has 0 saturated carbocycles. The van der Waals surface area contributed by atoms with Gasteiger partial charge in [0.25, 0.3) is 0 Å². The van der Waals surface area contributed by atoms with Gasteiger partial charge in [-0.25, -0.2) is 0 Å². The summed E-state index contributed by atoms with van der Waals surface area (Å²) in [5, 5.41) is 10.6. The number of aromatic hydroxyl groups is 1. The minimum atomic E-state index is -0.0342. The molecule has 1 aromatic rings. The third kappa shape index (κ3) is 3.52. The number of phenolic OH excluding ortho intramolecular Hbond substituents is 1. The van der Waals surface area contributed by atoms with Crippen molar-refractivity contribution in [1.29, 1.82) is 0 Å². The van der Waals surface area contributed by atoms with Gasteiger partial charge in [0.2, 0.25) is 0 Å². The highest BCUT2D eigenvalue weighted by Crippen LogP contribution is 2.41. The largest absolute Gasteiger partial charge is 0.507 e. The predicted molar refractivity (Wildman–Crippen MR) is 84.2 cm³/mol. The van der Waals surface area contributed by atoms with Gasteiger partial charge in [-0.15, -0.1) is 0 Å². The maximum Gasteiger partial charge on any atom is 0.123 e. The number of hydrogen-bond donors (Lipinski definition) is 1. The molecule has 1 aromatic carbocycles. The van der Waals surface area contributed by atoms with Gasteiger partial charge in [0.1, 0.15) is 5.75 Å². The first-order chi connectivity index (χ1) is 8.48. The van der Waals surface area contributed by atoms with Crippen molar-refractivity contribution in [2.45, 2.75) is 78.6 Å². The second kappa shape index (κ2) is 5.19. The van der Waals surface area contributed by atoms with E-state index in [-0.39, 0.29) is 10.8 Å². The van der Waals surface area contributed by atoms with Gasteiger partial charge < -0.3 is 5.11 Å². The normalized spacial score (nSPS) is 14.5. The quantitative estimate of drug-likeness (QED) is 0.746. The maximum absolute atomic E-state index is 10.6. The Labute approximate surface area is 119 Å². The van der Waals surface area contributed by atoms with Gasteiger partial charge in [-0.1, -0.05) is 67.5 Å². The van der Waals surface area contributed by atoms with Crippen molar-refractivity contribution >= 4 is 0 Å². The lowest BCUT2D eigenvalue weighted by atomic mass is 9.77. The Bertz CT molecular complexity index is 409. The van der Waals surface area contributed by atoms with E-state index in [1.807, 2.05) is 0 Å². The van der Waals surface area contributed by atoms with E-state index >= 15 is 0 Å². The monoisotopic (exact) mass is 262 g/mol. The van der Waals surface area contributed by atoms with E-state index in [1.54, 1.807) is 0 Å². The van der Waals surface area contributed by atoms with Gasteiger partial charge in [0.15, 0.2) is 0 Å². The van der Waals surface area contributed by atoms with Crippen molar-refractivity contribution in [2.24, 2.45) is 0 Å².